The highest BCUT2D eigenvalue weighted by Crippen LogP contribution is 2.22. The molecule has 2 rings (SSSR count). The van der Waals surface area contributed by atoms with Crippen LogP contribution in [0.15, 0.2) is 18.2 Å². The fourth-order valence-electron chi connectivity index (χ4n) is 2.33. The van der Waals surface area contributed by atoms with Gasteiger partial charge in [0.25, 0.3) is 0 Å². The van der Waals surface area contributed by atoms with E-state index in [1.165, 1.54) is 6.07 Å². The highest BCUT2D eigenvalue weighted by Gasteiger charge is 2.28. The summed E-state index contributed by atoms with van der Waals surface area (Å²) in [7, 11) is 1.69. The van der Waals surface area contributed by atoms with Crippen molar-refractivity contribution in [2.45, 2.75) is 31.8 Å². The molecule has 1 amide bonds. The van der Waals surface area contributed by atoms with Crippen molar-refractivity contribution in [1.29, 1.82) is 0 Å². The largest absolute Gasteiger partial charge is 0.338 e. The van der Waals surface area contributed by atoms with Gasteiger partial charge in [0, 0.05) is 7.05 Å². The monoisotopic (exact) mass is 268 g/mol. The average Bonchev–Trinajstić information content (AvgIpc) is 2.93. The van der Waals surface area contributed by atoms with Gasteiger partial charge in [-0.15, -0.1) is 0 Å². The molecule has 0 aromatic heterocycles. The number of rotatable bonds is 3. The van der Waals surface area contributed by atoms with Crippen LogP contribution in [0, 0.1) is 11.6 Å². The molecule has 0 aliphatic carbocycles. The first-order valence-corrected chi connectivity index (χ1v) is 6.45. The van der Waals surface area contributed by atoms with Crippen LogP contribution >= 0.6 is 0 Å². The smallest absolute Gasteiger partial charge is 0.239 e. The molecule has 1 heterocycles. The fourth-order valence-corrected chi connectivity index (χ4v) is 2.33. The zero-order valence-corrected chi connectivity index (χ0v) is 11.1. The number of amides is 1. The van der Waals surface area contributed by atoms with Crippen molar-refractivity contribution in [1.82, 2.24) is 10.2 Å². The van der Waals surface area contributed by atoms with Crippen molar-refractivity contribution in [3.63, 3.8) is 0 Å². The van der Waals surface area contributed by atoms with Crippen molar-refractivity contribution in [2.24, 2.45) is 0 Å². The number of hydrogen-bond donors (Lipinski definition) is 1. The van der Waals surface area contributed by atoms with Crippen LogP contribution in [0.3, 0.4) is 0 Å². The Morgan fingerprint density at radius 1 is 1.42 bits per heavy atom. The van der Waals surface area contributed by atoms with Gasteiger partial charge < -0.3 is 10.2 Å². The minimum Gasteiger partial charge on any atom is -0.338 e. The van der Waals surface area contributed by atoms with Gasteiger partial charge in [0.1, 0.15) is 0 Å². The second kappa shape index (κ2) is 5.65. The molecule has 2 atom stereocenters. The van der Waals surface area contributed by atoms with Gasteiger partial charge in [0.05, 0.1) is 12.1 Å². The molecule has 1 aliphatic rings. The molecule has 1 saturated heterocycles. The summed E-state index contributed by atoms with van der Waals surface area (Å²) >= 11 is 0. The van der Waals surface area contributed by atoms with Gasteiger partial charge in [-0.3, -0.25) is 4.79 Å². The van der Waals surface area contributed by atoms with Crippen LogP contribution < -0.4 is 5.32 Å². The predicted molar refractivity (Wildman–Crippen MR) is 68.6 cm³/mol. The Kier molecular flexibility index (Phi) is 4.14. The third-order valence-corrected chi connectivity index (χ3v) is 3.71. The van der Waals surface area contributed by atoms with E-state index in [0.29, 0.717) is 5.56 Å². The number of carbonyl (C=O) groups excluding carboxylic acids is 1. The summed E-state index contributed by atoms with van der Waals surface area (Å²) in [6.45, 7) is 2.66. The van der Waals surface area contributed by atoms with Gasteiger partial charge in [-0.05, 0) is 44.0 Å². The molecule has 3 nitrogen and oxygen atoms in total. The lowest BCUT2D eigenvalue weighted by Gasteiger charge is -2.28. The Bertz CT molecular complexity index is 473. The summed E-state index contributed by atoms with van der Waals surface area (Å²) in [4.78, 5) is 13.8. The van der Waals surface area contributed by atoms with Crippen LogP contribution in [-0.2, 0) is 4.79 Å². The van der Waals surface area contributed by atoms with Crippen LogP contribution in [0.25, 0.3) is 0 Å². The maximum Gasteiger partial charge on any atom is 0.239 e. The summed E-state index contributed by atoms with van der Waals surface area (Å²) < 4.78 is 26.1. The van der Waals surface area contributed by atoms with Crippen molar-refractivity contribution < 1.29 is 13.6 Å². The molecular weight excluding hydrogens is 250 g/mol. The molecule has 0 bridgehead atoms. The second-order valence-electron chi connectivity index (χ2n) is 4.95. The Balaban J connectivity index is 2.11. The van der Waals surface area contributed by atoms with E-state index in [9.17, 15) is 13.6 Å². The molecule has 1 fully saturated rings. The molecular formula is C14H18F2N2O. The zero-order valence-electron chi connectivity index (χ0n) is 11.1. The number of benzene rings is 1. The Morgan fingerprint density at radius 3 is 2.74 bits per heavy atom. The lowest BCUT2D eigenvalue weighted by molar-refractivity contribution is -0.133. The van der Waals surface area contributed by atoms with E-state index < -0.39 is 11.6 Å². The molecule has 19 heavy (non-hydrogen) atoms. The summed E-state index contributed by atoms with van der Waals surface area (Å²) in [5, 5.41) is 3.14. The SMILES string of the molecule is CC(c1ccc(F)c(F)c1)N(C)C(=O)[C@H]1CCCN1. The van der Waals surface area contributed by atoms with Gasteiger partial charge in [-0.25, -0.2) is 8.78 Å². The maximum absolute atomic E-state index is 13.2. The third-order valence-electron chi connectivity index (χ3n) is 3.71. The number of halogens is 2. The van der Waals surface area contributed by atoms with Crippen LogP contribution in [0.4, 0.5) is 8.78 Å². The van der Waals surface area contributed by atoms with Crippen molar-refractivity contribution in [2.75, 3.05) is 13.6 Å². The third kappa shape index (κ3) is 2.92. The van der Waals surface area contributed by atoms with Crippen LogP contribution in [0.2, 0.25) is 0 Å². The van der Waals surface area contributed by atoms with Gasteiger partial charge in [0.2, 0.25) is 5.91 Å². The highest BCUT2D eigenvalue weighted by atomic mass is 19.2. The van der Waals surface area contributed by atoms with E-state index in [-0.39, 0.29) is 18.0 Å². The molecule has 1 aromatic rings. The summed E-state index contributed by atoms with van der Waals surface area (Å²) in [5.74, 6) is -1.76. The number of likely N-dealkylation sites (N-methyl/N-ethyl adjacent to an activating group) is 1. The Morgan fingerprint density at radius 2 is 2.16 bits per heavy atom. The topological polar surface area (TPSA) is 32.3 Å². The molecule has 5 heteroatoms. The molecule has 1 aromatic carbocycles. The molecule has 0 radical (unpaired) electrons. The second-order valence-corrected chi connectivity index (χ2v) is 4.95. The first kappa shape index (κ1) is 13.9. The van der Waals surface area contributed by atoms with Crippen molar-refractivity contribution >= 4 is 5.91 Å². The lowest BCUT2D eigenvalue weighted by atomic mass is 10.1. The summed E-state index contributed by atoms with van der Waals surface area (Å²) in [5.41, 5.74) is 0.591. The van der Waals surface area contributed by atoms with E-state index in [4.69, 9.17) is 0 Å². The lowest BCUT2D eigenvalue weighted by Crippen LogP contribution is -2.42. The zero-order chi connectivity index (χ0) is 14.0. The first-order valence-electron chi connectivity index (χ1n) is 6.45. The van der Waals surface area contributed by atoms with E-state index in [2.05, 4.69) is 5.32 Å². The Labute approximate surface area is 111 Å². The molecule has 1 aliphatic heterocycles. The van der Waals surface area contributed by atoms with E-state index in [1.54, 1.807) is 18.9 Å². The van der Waals surface area contributed by atoms with Gasteiger partial charge in [-0.1, -0.05) is 6.07 Å². The first-order chi connectivity index (χ1) is 9.00. The maximum atomic E-state index is 13.2. The minimum atomic E-state index is -0.885. The molecule has 0 spiro atoms. The van der Waals surface area contributed by atoms with Gasteiger partial charge in [-0.2, -0.15) is 0 Å². The Hall–Kier alpha value is -1.49. The van der Waals surface area contributed by atoms with Crippen LogP contribution in [0.5, 0.6) is 0 Å². The van der Waals surface area contributed by atoms with E-state index in [1.807, 2.05) is 0 Å². The molecule has 0 saturated carbocycles. The van der Waals surface area contributed by atoms with E-state index in [0.717, 1.165) is 31.5 Å². The standard InChI is InChI=1S/C14H18F2N2O/c1-9(10-5-6-11(15)12(16)8-10)18(2)14(19)13-4-3-7-17-13/h5-6,8-9,13,17H,3-4,7H2,1-2H3/t9?,13-/m1/s1. The van der Waals surface area contributed by atoms with E-state index >= 15 is 0 Å². The molecule has 104 valence electrons. The number of nitrogens with zero attached hydrogens (tertiary/aromatic N) is 1. The summed E-state index contributed by atoms with van der Waals surface area (Å²) in [6.07, 6.45) is 1.82. The van der Waals surface area contributed by atoms with Gasteiger partial charge in [0.15, 0.2) is 11.6 Å². The van der Waals surface area contributed by atoms with Crippen LogP contribution in [-0.4, -0.2) is 30.4 Å². The average molecular weight is 268 g/mol. The normalized spacial score (nSPS) is 20.3. The molecule has 1 unspecified atom stereocenters. The van der Waals surface area contributed by atoms with Gasteiger partial charge >= 0.3 is 0 Å². The number of carbonyl (C=O) groups is 1. The number of nitrogens with one attached hydrogen (secondary N) is 1. The minimum absolute atomic E-state index is 0.00488. The predicted octanol–water partition coefficient (Wildman–Crippen LogP) is 2.24. The number of hydrogen-bond acceptors (Lipinski definition) is 2. The van der Waals surface area contributed by atoms with Crippen LogP contribution in [0.1, 0.15) is 31.4 Å². The van der Waals surface area contributed by atoms with Crippen molar-refractivity contribution in [3.8, 4) is 0 Å². The molecule has 1 N–H and O–H groups in total. The van der Waals surface area contributed by atoms with Crippen molar-refractivity contribution in [3.05, 3.63) is 35.4 Å². The quantitative estimate of drug-likeness (QED) is 0.911. The fraction of sp³-hybridized carbons (Fsp3) is 0.500. The highest BCUT2D eigenvalue weighted by molar-refractivity contribution is 5.82. The summed E-state index contributed by atoms with van der Waals surface area (Å²) in [6, 6.07) is 3.30.